The standard InChI is InChI=1S/C37H35Cl2FN6O6/c1-52-36-28(19-42-17-22-8-9-32(48)44-22)29(40)14-30(45-36)27-7-3-6-26(35(27)39)25-5-2-4-24(34(25)38)20-10-11-46-31(12-20)43-16-21(37(46)51)15-41-18-23(47)13-33(49)50/h2-7,10-12,14,16,22-23,41-42,47H,8-9,13,15,17-19H2,1H3,(H,44,48)(H,49,50)/t22-,23-/m0/s1. The molecule has 1 amide bonds. The van der Waals surface area contributed by atoms with Crippen molar-refractivity contribution in [3.8, 4) is 39.4 Å². The summed E-state index contributed by atoms with van der Waals surface area (Å²) in [6.07, 6.45) is 2.74. The normalized spacial score (nSPS) is 14.8. The first kappa shape index (κ1) is 36.9. The molecule has 1 aliphatic rings. The van der Waals surface area contributed by atoms with Crippen LogP contribution in [0.5, 0.6) is 5.88 Å². The van der Waals surface area contributed by atoms with Gasteiger partial charge in [0.05, 0.1) is 40.9 Å². The van der Waals surface area contributed by atoms with Gasteiger partial charge in [-0.15, -0.1) is 0 Å². The fourth-order valence-corrected chi connectivity index (χ4v) is 6.80. The number of carboxylic acid groups (broad SMARTS) is 1. The van der Waals surface area contributed by atoms with Crippen molar-refractivity contribution in [2.75, 3.05) is 20.2 Å². The number of ether oxygens (including phenoxy) is 1. The second kappa shape index (κ2) is 16.2. The predicted octanol–water partition coefficient (Wildman–Crippen LogP) is 4.84. The number of rotatable bonds is 14. The van der Waals surface area contributed by atoms with Crippen LogP contribution in [0.15, 0.2) is 71.8 Å². The van der Waals surface area contributed by atoms with E-state index in [9.17, 15) is 19.5 Å². The molecule has 0 radical (unpaired) electrons. The molecule has 0 aliphatic carbocycles. The van der Waals surface area contributed by atoms with Crippen LogP contribution >= 0.6 is 23.2 Å². The number of halogens is 3. The molecule has 0 saturated carbocycles. The molecule has 270 valence electrons. The molecule has 0 unspecified atom stereocenters. The van der Waals surface area contributed by atoms with Crippen molar-refractivity contribution in [1.82, 2.24) is 30.3 Å². The molecule has 52 heavy (non-hydrogen) atoms. The molecule has 5 N–H and O–H groups in total. The van der Waals surface area contributed by atoms with Crippen LogP contribution in [0.4, 0.5) is 4.39 Å². The molecule has 4 heterocycles. The van der Waals surface area contributed by atoms with Crippen molar-refractivity contribution in [3.63, 3.8) is 0 Å². The van der Waals surface area contributed by atoms with Gasteiger partial charge in [-0.2, -0.15) is 0 Å². The van der Waals surface area contributed by atoms with E-state index in [0.29, 0.717) is 62.0 Å². The minimum Gasteiger partial charge on any atom is -0.481 e. The maximum Gasteiger partial charge on any atom is 0.306 e. The first-order valence-corrected chi connectivity index (χ1v) is 17.2. The van der Waals surface area contributed by atoms with Gasteiger partial charge in [-0.1, -0.05) is 59.6 Å². The number of hydrogen-bond donors (Lipinski definition) is 5. The fraction of sp³-hybridized carbons (Fsp3) is 0.270. The first-order chi connectivity index (χ1) is 25.0. The summed E-state index contributed by atoms with van der Waals surface area (Å²) < 4.78 is 22.4. The van der Waals surface area contributed by atoms with E-state index in [0.717, 1.165) is 6.42 Å². The third-order valence-electron chi connectivity index (χ3n) is 8.76. The van der Waals surface area contributed by atoms with E-state index in [1.165, 1.54) is 23.8 Å². The predicted molar refractivity (Wildman–Crippen MR) is 195 cm³/mol. The van der Waals surface area contributed by atoms with Crippen molar-refractivity contribution in [2.45, 2.75) is 44.5 Å². The van der Waals surface area contributed by atoms with Crippen LogP contribution in [0, 0.1) is 5.82 Å². The lowest BCUT2D eigenvalue weighted by Crippen LogP contribution is -2.35. The van der Waals surface area contributed by atoms with E-state index in [2.05, 4.69) is 25.9 Å². The van der Waals surface area contributed by atoms with Crippen molar-refractivity contribution in [1.29, 1.82) is 0 Å². The Morgan fingerprint density at radius 2 is 1.77 bits per heavy atom. The second-order valence-electron chi connectivity index (χ2n) is 12.4. The van der Waals surface area contributed by atoms with Crippen LogP contribution in [0.2, 0.25) is 10.0 Å². The van der Waals surface area contributed by atoms with E-state index in [1.807, 2.05) is 24.3 Å². The molecule has 0 spiro atoms. The smallest absolute Gasteiger partial charge is 0.306 e. The summed E-state index contributed by atoms with van der Waals surface area (Å²) in [6.45, 7) is 0.746. The number of amides is 1. The summed E-state index contributed by atoms with van der Waals surface area (Å²) in [6, 6.07) is 15.6. The van der Waals surface area contributed by atoms with E-state index >= 15 is 4.39 Å². The Kier molecular flexibility index (Phi) is 11.5. The number of carboxylic acids is 1. The van der Waals surface area contributed by atoms with Gasteiger partial charge in [-0.05, 0) is 24.1 Å². The number of nitrogens with one attached hydrogen (secondary N) is 3. The molecule has 5 aromatic rings. The maximum absolute atomic E-state index is 15.5. The lowest BCUT2D eigenvalue weighted by atomic mass is 9.97. The van der Waals surface area contributed by atoms with Crippen LogP contribution < -0.4 is 26.2 Å². The monoisotopic (exact) mass is 748 g/mol. The molecule has 2 aromatic carbocycles. The number of aliphatic carboxylic acids is 1. The number of hydrogen-bond acceptors (Lipinski definition) is 9. The zero-order valence-corrected chi connectivity index (χ0v) is 29.5. The van der Waals surface area contributed by atoms with Gasteiger partial charge in [0.2, 0.25) is 11.8 Å². The van der Waals surface area contributed by atoms with Crippen molar-refractivity contribution in [2.24, 2.45) is 0 Å². The van der Waals surface area contributed by atoms with Gasteiger partial charge in [0.1, 0.15) is 11.5 Å². The Bertz CT molecular complexity index is 2220. The third kappa shape index (κ3) is 8.09. The topological polar surface area (TPSA) is 167 Å². The fourth-order valence-electron chi connectivity index (χ4n) is 6.14. The number of aliphatic hydroxyl groups excluding tert-OH is 1. The van der Waals surface area contributed by atoms with Crippen LogP contribution in [0.1, 0.15) is 30.4 Å². The summed E-state index contributed by atoms with van der Waals surface area (Å²) in [5.74, 6) is -1.51. The SMILES string of the molecule is COc1nc(-c2cccc(-c3cccc(-c4ccn5c(=O)c(CNC[C@@H](O)CC(=O)O)cnc5c4)c3Cl)c2Cl)cc(F)c1CNC[C@@H]1CCC(=O)N1. The number of methoxy groups -OCH3 is 1. The molecule has 0 bridgehead atoms. The van der Waals surface area contributed by atoms with Gasteiger partial charge in [-0.3, -0.25) is 18.8 Å². The van der Waals surface area contributed by atoms with Crippen LogP contribution in [0.25, 0.3) is 39.2 Å². The van der Waals surface area contributed by atoms with Crippen LogP contribution in [-0.4, -0.2) is 68.8 Å². The molecular weight excluding hydrogens is 714 g/mol. The summed E-state index contributed by atoms with van der Waals surface area (Å²) in [5.41, 5.74) is 3.99. The Morgan fingerprint density at radius 3 is 2.46 bits per heavy atom. The number of carbonyl (C=O) groups excluding carboxylic acids is 1. The minimum atomic E-state index is -1.12. The quantitative estimate of drug-likeness (QED) is 0.106. The van der Waals surface area contributed by atoms with Gasteiger partial charge in [0.25, 0.3) is 5.56 Å². The van der Waals surface area contributed by atoms with E-state index < -0.39 is 24.3 Å². The maximum atomic E-state index is 15.5. The molecule has 1 fully saturated rings. The molecule has 6 rings (SSSR count). The molecule has 1 saturated heterocycles. The summed E-state index contributed by atoms with van der Waals surface area (Å²) in [4.78, 5) is 44.4. The van der Waals surface area contributed by atoms with Crippen molar-refractivity contribution in [3.05, 3.63) is 104 Å². The number of carbonyl (C=O) groups is 2. The molecule has 12 nitrogen and oxygen atoms in total. The van der Waals surface area contributed by atoms with Crippen LogP contribution in [-0.2, 0) is 22.7 Å². The van der Waals surface area contributed by atoms with Crippen molar-refractivity contribution >= 4 is 40.7 Å². The number of aromatic nitrogens is 3. The molecular formula is C37H35Cl2FN6O6. The second-order valence-corrected chi connectivity index (χ2v) is 13.1. The lowest BCUT2D eigenvalue weighted by molar-refractivity contribution is -0.139. The minimum absolute atomic E-state index is 0.00479. The molecule has 15 heteroatoms. The Labute approximate surface area is 307 Å². The summed E-state index contributed by atoms with van der Waals surface area (Å²) >= 11 is 14.0. The lowest BCUT2D eigenvalue weighted by Gasteiger charge is -2.16. The summed E-state index contributed by atoms with van der Waals surface area (Å²) in [7, 11) is 1.42. The highest BCUT2D eigenvalue weighted by Crippen LogP contribution is 2.42. The number of pyridine rings is 2. The van der Waals surface area contributed by atoms with E-state index in [4.69, 9.17) is 33.0 Å². The molecule has 3 aromatic heterocycles. The zero-order chi connectivity index (χ0) is 36.9. The van der Waals surface area contributed by atoms with Crippen molar-refractivity contribution < 1.29 is 28.9 Å². The molecule has 1 aliphatic heterocycles. The highest BCUT2D eigenvalue weighted by Gasteiger charge is 2.22. The van der Waals surface area contributed by atoms with Gasteiger partial charge in [0.15, 0.2) is 0 Å². The van der Waals surface area contributed by atoms with Gasteiger partial charge < -0.3 is 30.9 Å². The Morgan fingerprint density at radius 1 is 1.06 bits per heavy atom. The number of nitrogens with zero attached hydrogens (tertiary/aromatic N) is 3. The van der Waals surface area contributed by atoms with Gasteiger partial charge >= 0.3 is 5.97 Å². The zero-order valence-electron chi connectivity index (χ0n) is 28.0. The Balaban J connectivity index is 1.24. The molecule has 2 atom stereocenters. The van der Waals surface area contributed by atoms with Gasteiger partial charge in [0, 0.05) is 84.9 Å². The number of benzene rings is 2. The number of aliphatic hydroxyl groups is 1. The summed E-state index contributed by atoms with van der Waals surface area (Å²) in [5, 5.41) is 28.2. The van der Waals surface area contributed by atoms with Crippen LogP contribution in [0.3, 0.4) is 0 Å². The number of fused-ring (bicyclic) bond motifs is 1. The average molecular weight is 750 g/mol. The van der Waals surface area contributed by atoms with E-state index in [1.54, 1.807) is 30.5 Å². The first-order valence-electron chi connectivity index (χ1n) is 16.5. The van der Waals surface area contributed by atoms with E-state index in [-0.39, 0.29) is 54.3 Å². The third-order valence-corrected chi connectivity index (χ3v) is 9.58. The average Bonchev–Trinajstić information content (AvgIpc) is 3.54. The highest BCUT2D eigenvalue weighted by atomic mass is 35.5. The van der Waals surface area contributed by atoms with Gasteiger partial charge in [-0.25, -0.2) is 14.4 Å². The Hall–Kier alpha value is -4.92. The largest absolute Gasteiger partial charge is 0.481 e. The highest BCUT2D eigenvalue weighted by molar-refractivity contribution is 6.39.